The van der Waals surface area contributed by atoms with Crippen molar-refractivity contribution >= 4 is 31.3 Å². The number of hydrogen-bond donors (Lipinski definition) is 4. The summed E-state index contributed by atoms with van der Waals surface area (Å²) < 4.78 is 64.6. The fraction of sp³-hybridized carbons (Fsp3) is 0.400. The van der Waals surface area contributed by atoms with E-state index in [1.54, 1.807) is 0 Å². The number of phosphoric acid groups is 4. The van der Waals surface area contributed by atoms with Crippen LogP contribution in [0.3, 0.4) is 0 Å². The number of phosphoric ester groups is 4. The molecule has 0 aromatic rings. The van der Waals surface area contributed by atoms with Gasteiger partial charge in [-0.25, -0.2) is 18.3 Å². The topological polar surface area (TPSA) is 205 Å². The SMILES string of the molecule is COP(=O)(O)OP(=O)(O)OC.COP(=O)(O)OP(=O)(O)OC.[CH3-].[CH3-].[CH3-].[CH3-].[CH3-].[CH3-].[Pt+2].[Pt+4]. The Kier molecular flexibility index (Phi) is 57.5. The standard InChI is InChI=1S/2C2H8O7P2.6CH3.2Pt/c2*1-7-10(3,4)9-11(5,6)8-2;;;;;;;;/h2*1-2H3,(H,3,4)(H,5,6);6*1H3;;/q;;6*-1;+2;+4. The molecule has 0 aromatic carbocycles. The third kappa shape index (κ3) is 37.2. The zero-order valence-electron chi connectivity index (χ0n) is 18.3. The zero-order valence-corrected chi connectivity index (χ0v) is 26.4. The van der Waals surface area contributed by atoms with Gasteiger partial charge in [-0.15, -0.1) is 0 Å². The average Bonchev–Trinajstić information content (AvgIpc) is 2.37. The molecule has 4 unspecified atom stereocenters. The summed E-state index contributed by atoms with van der Waals surface area (Å²) in [7, 11) is -14.4. The van der Waals surface area contributed by atoms with Gasteiger partial charge in [0, 0.05) is 28.4 Å². The summed E-state index contributed by atoms with van der Waals surface area (Å²) in [6.07, 6.45) is 0. The maximum atomic E-state index is 10.5. The molecule has 14 nitrogen and oxygen atoms in total. The van der Waals surface area contributed by atoms with E-state index in [1.807, 2.05) is 0 Å². The number of hydrogen-bond acceptors (Lipinski definition) is 10. The van der Waals surface area contributed by atoms with Gasteiger partial charge in [-0.1, -0.05) is 0 Å². The van der Waals surface area contributed by atoms with Crippen molar-refractivity contribution in [3.05, 3.63) is 44.6 Å². The Morgan fingerprint density at radius 3 is 0.633 bits per heavy atom. The molecule has 0 heterocycles. The molecular weight excluding hydrogens is 858 g/mol. The van der Waals surface area contributed by atoms with E-state index in [9.17, 15) is 18.3 Å². The monoisotopic (exact) mass is 892 g/mol. The smallest absolute Gasteiger partial charge is 0.358 e. The largest absolute Gasteiger partial charge is 4.00 e. The molecule has 4 N–H and O–H groups in total. The van der Waals surface area contributed by atoms with Crippen LogP contribution < -0.4 is 0 Å². The molecule has 0 aliphatic carbocycles. The fourth-order valence-corrected chi connectivity index (χ4v) is 3.55. The van der Waals surface area contributed by atoms with Crippen LogP contribution in [0.1, 0.15) is 0 Å². The summed E-state index contributed by atoms with van der Waals surface area (Å²) in [5, 5.41) is 0. The van der Waals surface area contributed by atoms with Crippen LogP contribution in [0.25, 0.3) is 0 Å². The predicted octanol–water partition coefficient (Wildman–Crippen LogP) is 3.69. The van der Waals surface area contributed by atoms with Crippen molar-refractivity contribution in [1.29, 1.82) is 0 Å². The normalized spacial score (nSPS) is 16.3. The number of rotatable bonds is 8. The molecule has 0 aromatic heterocycles. The van der Waals surface area contributed by atoms with Crippen LogP contribution in [0.2, 0.25) is 0 Å². The van der Waals surface area contributed by atoms with Crippen molar-refractivity contribution < 1.29 is 107 Å². The molecule has 0 amide bonds. The minimum absolute atomic E-state index is 0. The van der Waals surface area contributed by atoms with Crippen LogP contribution in [0.5, 0.6) is 0 Å². The third-order valence-corrected chi connectivity index (χ3v) is 6.48. The van der Waals surface area contributed by atoms with E-state index in [1.165, 1.54) is 0 Å². The molecule has 0 saturated carbocycles. The van der Waals surface area contributed by atoms with Crippen LogP contribution in [0.15, 0.2) is 0 Å². The maximum absolute atomic E-state index is 10.5. The second kappa shape index (κ2) is 27.1. The van der Waals surface area contributed by atoms with Gasteiger partial charge in [0.1, 0.15) is 0 Å². The minimum atomic E-state index is -4.45. The van der Waals surface area contributed by atoms with Crippen molar-refractivity contribution in [2.45, 2.75) is 0 Å². The molecule has 30 heavy (non-hydrogen) atoms. The second-order valence-electron chi connectivity index (χ2n) is 2.77. The average molecular weight is 892 g/mol. The van der Waals surface area contributed by atoms with E-state index < -0.39 is 31.3 Å². The Bertz CT molecular complexity index is 445. The molecule has 0 fully saturated rings. The van der Waals surface area contributed by atoms with E-state index in [0.717, 1.165) is 28.4 Å². The molecule has 0 rings (SSSR count). The van der Waals surface area contributed by atoms with Gasteiger partial charge in [-0.3, -0.25) is 18.1 Å². The Morgan fingerprint density at radius 2 is 0.567 bits per heavy atom. The first kappa shape index (κ1) is 63.5. The van der Waals surface area contributed by atoms with E-state index in [2.05, 4.69) is 26.7 Å². The first-order valence-electron chi connectivity index (χ1n) is 4.62. The predicted molar refractivity (Wildman–Crippen MR) is 108 cm³/mol. The van der Waals surface area contributed by atoms with Crippen molar-refractivity contribution in [3.63, 3.8) is 0 Å². The molecule has 0 aliphatic rings. The summed E-state index contributed by atoms with van der Waals surface area (Å²) in [6.45, 7) is 0. The molecule has 4 atom stereocenters. The second-order valence-corrected chi connectivity index (χ2v) is 9.28. The first-order valence-corrected chi connectivity index (χ1v) is 10.6. The van der Waals surface area contributed by atoms with E-state index in [0.29, 0.717) is 0 Å². The summed E-state index contributed by atoms with van der Waals surface area (Å²) in [6, 6.07) is 0. The van der Waals surface area contributed by atoms with Crippen LogP contribution >= 0.6 is 31.3 Å². The Labute approximate surface area is 210 Å². The van der Waals surface area contributed by atoms with Gasteiger partial charge in [-0.05, 0) is 0 Å². The summed E-state index contributed by atoms with van der Waals surface area (Å²) in [5.74, 6) is 0. The van der Waals surface area contributed by atoms with Gasteiger partial charge in [0.05, 0.1) is 0 Å². The van der Waals surface area contributed by atoms with Crippen molar-refractivity contribution in [2.75, 3.05) is 28.4 Å². The Hall–Kier alpha value is 1.90. The van der Waals surface area contributed by atoms with Crippen LogP contribution in [0.4, 0.5) is 0 Å². The molecule has 0 bridgehead atoms. The molecule has 20 heteroatoms. The summed E-state index contributed by atoms with van der Waals surface area (Å²) in [4.78, 5) is 34.0. The van der Waals surface area contributed by atoms with E-state index >= 15 is 0 Å². The summed E-state index contributed by atoms with van der Waals surface area (Å²) in [5.41, 5.74) is 0. The molecule has 0 radical (unpaired) electrons. The summed E-state index contributed by atoms with van der Waals surface area (Å²) >= 11 is 0. The quantitative estimate of drug-likeness (QED) is 0.203. The van der Waals surface area contributed by atoms with Crippen molar-refractivity contribution in [3.8, 4) is 0 Å². The Balaban J connectivity index is -0.0000000263. The van der Waals surface area contributed by atoms with Gasteiger partial charge in [0.15, 0.2) is 0 Å². The Morgan fingerprint density at radius 1 is 0.467 bits per heavy atom. The van der Waals surface area contributed by atoms with Gasteiger partial charge in [-0.2, -0.15) is 8.62 Å². The molecule has 0 saturated heterocycles. The molecular formula is C10H34O14P4Pt2. The van der Waals surface area contributed by atoms with Gasteiger partial charge >= 0.3 is 73.4 Å². The molecule has 0 spiro atoms. The third-order valence-electron chi connectivity index (χ3n) is 1.34. The van der Waals surface area contributed by atoms with E-state index in [-0.39, 0.29) is 86.7 Å². The zero-order chi connectivity index (χ0) is 18.2. The molecule has 0 aliphatic heterocycles. The fourth-order valence-electron chi connectivity index (χ4n) is 0.394. The van der Waals surface area contributed by atoms with Crippen LogP contribution in [-0.4, -0.2) is 48.0 Å². The van der Waals surface area contributed by atoms with Crippen molar-refractivity contribution in [2.24, 2.45) is 0 Å². The minimum Gasteiger partial charge on any atom is -0.358 e. The van der Waals surface area contributed by atoms with Crippen molar-refractivity contribution in [1.82, 2.24) is 0 Å². The van der Waals surface area contributed by atoms with E-state index in [4.69, 9.17) is 19.6 Å². The molecule has 198 valence electrons. The van der Waals surface area contributed by atoms with Gasteiger partial charge in [0.2, 0.25) is 0 Å². The van der Waals surface area contributed by atoms with Gasteiger partial charge in [0.25, 0.3) is 0 Å². The van der Waals surface area contributed by atoms with Crippen LogP contribution in [0, 0.1) is 44.6 Å². The van der Waals surface area contributed by atoms with Crippen LogP contribution in [-0.2, 0) is 87.1 Å². The van der Waals surface area contributed by atoms with Gasteiger partial charge < -0.3 is 64.1 Å². The maximum Gasteiger partial charge on any atom is 4.00 e. The first-order chi connectivity index (χ1) is 9.66.